The van der Waals surface area contributed by atoms with Gasteiger partial charge in [-0.15, -0.1) is 0 Å². The van der Waals surface area contributed by atoms with Crippen molar-refractivity contribution in [3.63, 3.8) is 0 Å². The minimum absolute atomic E-state index is 0.255. The van der Waals surface area contributed by atoms with Gasteiger partial charge >= 0.3 is 0 Å². The average molecular weight is 249 g/mol. The second-order valence-electron chi connectivity index (χ2n) is 4.15. The van der Waals surface area contributed by atoms with Crippen LogP contribution in [0.25, 0.3) is 0 Å². The van der Waals surface area contributed by atoms with Crippen molar-refractivity contribution in [1.29, 1.82) is 0 Å². The Morgan fingerprint density at radius 1 is 1.44 bits per heavy atom. The van der Waals surface area contributed by atoms with Crippen LogP contribution in [0.4, 0.5) is 10.2 Å². The highest BCUT2D eigenvalue weighted by molar-refractivity contribution is 5.46. The summed E-state index contributed by atoms with van der Waals surface area (Å²) in [6.45, 7) is 0.847. The smallest absolute Gasteiger partial charge is 0.141 e. The fourth-order valence-corrected chi connectivity index (χ4v) is 1.80. The van der Waals surface area contributed by atoms with Crippen LogP contribution in [0, 0.1) is 5.82 Å². The van der Waals surface area contributed by atoms with Gasteiger partial charge in [-0.25, -0.2) is 14.4 Å². The molecule has 0 aromatic carbocycles. The number of imidazole rings is 1. The van der Waals surface area contributed by atoms with Gasteiger partial charge in [0.2, 0.25) is 0 Å². The number of aromatic nitrogens is 3. The first-order chi connectivity index (χ1) is 8.61. The molecule has 0 atom stereocenters. The molecule has 0 amide bonds. The summed E-state index contributed by atoms with van der Waals surface area (Å²) in [4.78, 5) is 10.2. The second-order valence-corrected chi connectivity index (χ2v) is 4.15. The van der Waals surface area contributed by atoms with Gasteiger partial charge < -0.3 is 15.2 Å². The zero-order valence-electron chi connectivity index (χ0n) is 10.5. The zero-order valence-corrected chi connectivity index (χ0v) is 10.5. The Kier molecular flexibility index (Phi) is 3.57. The van der Waals surface area contributed by atoms with Gasteiger partial charge in [0.15, 0.2) is 0 Å². The fourth-order valence-electron chi connectivity index (χ4n) is 1.80. The molecule has 2 N–H and O–H groups in total. The van der Waals surface area contributed by atoms with E-state index < -0.39 is 0 Å². The molecule has 0 bridgehead atoms. The molecule has 18 heavy (non-hydrogen) atoms. The standard InChI is InChI=1S/C12H16FN5/c1-17-4-3-15-11(17)8-18(2)12-9(6-14)5-10(13)7-16-12/h3-5,7H,6,8,14H2,1-2H3. The largest absolute Gasteiger partial charge is 0.352 e. The molecule has 0 saturated carbocycles. The molecule has 6 heteroatoms. The Morgan fingerprint density at radius 3 is 2.83 bits per heavy atom. The van der Waals surface area contributed by atoms with E-state index in [0.717, 1.165) is 5.82 Å². The maximum Gasteiger partial charge on any atom is 0.141 e. The summed E-state index contributed by atoms with van der Waals surface area (Å²) in [5.74, 6) is 1.22. The predicted octanol–water partition coefficient (Wildman–Crippen LogP) is 1.05. The first-order valence-electron chi connectivity index (χ1n) is 5.63. The number of hydrogen-bond acceptors (Lipinski definition) is 4. The van der Waals surface area contributed by atoms with Gasteiger partial charge in [-0.1, -0.05) is 0 Å². The summed E-state index contributed by atoms with van der Waals surface area (Å²) in [7, 11) is 3.81. The van der Waals surface area contributed by atoms with E-state index in [1.807, 2.05) is 29.8 Å². The van der Waals surface area contributed by atoms with Crippen molar-refractivity contribution in [2.24, 2.45) is 12.8 Å². The highest BCUT2D eigenvalue weighted by atomic mass is 19.1. The molecule has 2 aromatic rings. The number of nitrogens with two attached hydrogens (primary N) is 1. The molecule has 96 valence electrons. The van der Waals surface area contributed by atoms with Crippen molar-refractivity contribution in [2.75, 3.05) is 11.9 Å². The van der Waals surface area contributed by atoms with Gasteiger partial charge in [0.1, 0.15) is 17.5 Å². The SMILES string of the molecule is CN(Cc1nccn1C)c1ncc(F)cc1CN. The molecule has 2 heterocycles. The third kappa shape index (κ3) is 2.48. The van der Waals surface area contributed by atoms with Gasteiger partial charge in [-0.2, -0.15) is 0 Å². The lowest BCUT2D eigenvalue weighted by Gasteiger charge is -2.20. The molecule has 0 radical (unpaired) electrons. The van der Waals surface area contributed by atoms with Crippen LogP contribution in [0.2, 0.25) is 0 Å². The Hall–Kier alpha value is -1.95. The summed E-state index contributed by atoms with van der Waals surface area (Å²) in [6.07, 6.45) is 4.82. The molecule has 0 aliphatic rings. The van der Waals surface area contributed by atoms with E-state index >= 15 is 0 Å². The first-order valence-corrected chi connectivity index (χ1v) is 5.63. The van der Waals surface area contributed by atoms with Crippen LogP contribution < -0.4 is 10.6 Å². The fraction of sp³-hybridized carbons (Fsp3) is 0.333. The van der Waals surface area contributed by atoms with E-state index in [9.17, 15) is 4.39 Å². The number of nitrogens with zero attached hydrogens (tertiary/aromatic N) is 4. The third-order valence-electron chi connectivity index (χ3n) is 2.79. The Balaban J connectivity index is 2.23. The summed E-state index contributed by atoms with van der Waals surface area (Å²) < 4.78 is 15.0. The molecule has 5 nitrogen and oxygen atoms in total. The Labute approximate surface area is 105 Å². The molecule has 0 saturated heterocycles. The number of pyridine rings is 1. The quantitative estimate of drug-likeness (QED) is 0.880. The minimum Gasteiger partial charge on any atom is -0.352 e. The summed E-state index contributed by atoms with van der Waals surface area (Å²) in [6, 6.07) is 1.41. The lowest BCUT2D eigenvalue weighted by atomic mass is 10.2. The number of aryl methyl sites for hydroxylation is 1. The van der Waals surface area contributed by atoms with E-state index in [2.05, 4.69) is 9.97 Å². The number of rotatable bonds is 4. The first kappa shape index (κ1) is 12.5. The van der Waals surface area contributed by atoms with Crippen LogP contribution in [0.3, 0.4) is 0 Å². The molecular formula is C12H16FN5. The van der Waals surface area contributed by atoms with Gasteiger partial charge in [0.25, 0.3) is 0 Å². The average Bonchev–Trinajstić information content (AvgIpc) is 2.74. The van der Waals surface area contributed by atoms with Crippen LogP contribution in [0.5, 0.6) is 0 Å². The monoisotopic (exact) mass is 249 g/mol. The van der Waals surface area contributed by atoms with Crippen LogP contribution in [-0.4, -0.2) is 21.6 Å². The zero-order chi connectivity index (χ0) is 13.1. The van der Waals surface area contributed by atoms with Crippen LogP contribution in [-0.2, 0) is 20.1 Å². The number of hydrogen-bond donors (Lipinski definition) is 1. The molecule has 0 aliphatic carbocycles. The van der Waals surface area contributed by atoms with Crippen molar-refractivity contribution in [3.8, 4) is 0 Å². The van der Waals surface area contributed by atoms with E-state index in [1.165, 1.54) is 12.3 Å². The van der Waals surface area contributed by atoms with E-state index in [1.54, 1.807) is 6.20 Å². The Bertz CT molecular complexity index is 537. The maximum absolute atomic E-state index is 13.1. The van der Waals surface area contributed by atoms with Crippen molar-refractivity contribution in [1.82, 2.24) is 14.5 Å². The minimum atomic E-state index is -0.371. The van der Waals surface area contributed by atoms with Crippen LogP contribution >= 0.6 is 0 Å². The molecule has 0 aliphatic heterocycles. The second kappa shape index (κ2) is 5.14. The third-order valence-corrected chi connectivity index (χ3v) is 2.79. The topological polar surface area (TPSA) is 60.0 Å². The summed E-state index contributed by atoms with van der Waals surface area (Å²) in [5, 5.41) is 0. The molecule has 2 rings (SSSR count). The molecule has 2 aromatic heterocycles. The number of halogens is 1. The van der Waals surface area contributed by atoms with E-state index in [0.29, 0.717) is 17.9 Å². The van der Waals surface area contributed by atoms with Gasteiger partial charge in [0.05, 0.1) is 12.7 Å². The van der Waals surface area contributed by atoms with Gasteiger partial charge in [-0.05, 0) is 6.07 Å². The lowest BCUT2D eigenvalue weighted by molar-refractivity contribution is 0.617. The maximum atomic E-state index is 13.1. The highest BCUT2D eigenvalue weighted by Crippen LogP contribution is 2.18. The Morgan fingerprint density at radius 2 is 2.22 bits per heavy atom. The summed E-state index contributed by atoms with van der Waals surface area (Å²) >= 11 is 0. The van der Waals surface area contributed by atoms with Gasteiger partial charge in [-0.3, -0.25) is 0 Å². The van der Waals surface area contributed by atoms with Crippen molar-refractivity contribution >= 4 is 5.82 Å². The van der Waals surface area contributed by atoms with Crippen molar-refractivity contribution in [2.45, 2.75) is 13.1 Å². The van der Waals surface area contributed by atoms with Gasteiger partial charge in [0, 0.05) is 38.6 Å². The highest BCUT2D eigenvalue weighted by Gasteiger charge is 2.11. The van der Waals surface area contributed by atoms with E-state index in [-0.39, 0.29) is 12.4 Å². The van der Waals surface area contributed by atoms with Crippen LogP contribution in [0.15, 0.2) is 24.7 Å². The number of anilines is 1. The molecule has 0 fully saturated rings. The van der Waals surface area contributed by atoms with E-state index in [4.69, 9.17) is 5.73 Å². The van der Waals surface area contributed by atoms with Crippen molar-refractivity contribution in [3.05, 3.63) is 41.9 Å². The molecule has 0 unspecified atom stereocenters. The molecular weight excluding hydrogens is 233 g/mol. The molecule has 0 spiro atoms. The van der Waals surface area contributed by atoms with Crippen molar-refractivity contribution < 1.29 is 4.39 Å². The predicted molar refractivity (Wildman–Crippen MR) is 67.4 cm³/mol. The lowest BCUT2D eigenvalue weighted by Crippen LogP contribution is -2.22. The van der Waals surface area contributed by atoms with Crippen LogP contribution in [0.1, 0.15) is 11.4 Å². The summed E-state index contributed by atoms with van der Waals surface area (Å²) in [5.41, 5.74) is 6.29. The normalized spacial score (nSPS) is 10.7.